The van der Waals surface area contributed by atoms with Gasteiger partial charge in [0.2, 0.25) is 10.0 Å². The molecule has 4 nitrogen and oxygen atoms in total. The van der Waals surface area contributed by atoms with Crippen LogP contribution < -0.4 is 10.0 Å². The summed E-state index contributed by atoms with van der Waals surface area (Å²) in [6.45, 7) is 1.87. The number of hydrogen-bond donors (Lipinski definition) is 2. The second kappa shape index (κ2) is 3.79. The molecule has 2 aliphatic rings. The van der Waals surface area contributed by atoms with E-state index < -0.39 is 10.0 Å². The van der Waals surface area contributed by atoms with Gasteiger partial charge in [0.05, 0.1) is 5.75 Å². The minimum Gasteiger partial charge on any atom is -0.316 e. The molecule has 0 spiro atoms. The summed E-state index contributed by atoms with van der Waals surface area (Å²) in [6.07, 6.45) is 2.59. The number of nitrogens with one attached hydrogen (secondary N) is 2. The second-order valence-electron chi connectivity index (χ2n) is 4.41. The molecule has 0 aromatic carbocycles. The number of rotatable bonds is 4. The maximum absolute atomic E-state index is 11.4. The fourth-order valence-electron chi connectivity index (χ4n) is 2.38. The van der Waals surface area contributed by atoms with E-state index in [4.69, 9.17) is 0 Å². The molecule has 0 aromatic heterocycles. The smallest absolute Gasteiger partial charge is 0.211 e. The Morgan fingerprint density at radius 3 is 2.64 bits per heavy atom. The first-order valence-corrected chi connectivity index (χ1v) is 6.89. The molecule has 0 aromatic rings. The fourth-order valence-corrected chi connectivity index (χ4v) is 3.47. The third-order valence-corrected chi connectivity index (χ3v) is 4.85. The van der Waals surface area contributed by atoms with Crippen LogP contribution in [0.1, 0.15) is 12.8 Å². The minimum atomic E-state index is -3.03. The van der Waals surface area contributed by atoms with Gasteiger partial charge < -0.3 is 5.32 Å². The summed E-state index contributed by atoms with van der Waals surface area (Å²) in [4.78, 5) is 0. The van der Waals surface area contributed by atoms with Crippen LogP contribution in [-0.2, 0) is 10.0 Å². The number of sulfonamides is 1. The van der Waals surface area contributed by atoms with Gasteiger partial charge in [-0.3, -0.25) is 0 Å². The second-order valence-corrected chi connectivity index (χ2v) is 6.38. The van der Waals surface area contributed by atoms with Gasteiger partial charge in [-0.1, -0.05) is 0 Å². The van der Waals surface area contributed by atoms with E-state index in [1.54, 1.807) is 0 Å². The van der Waals surface area contributed by atoms with Crippen molar-refractivity contribution in [1.82, 2.24) is 10.0 Å². The molecule has 2 fully saturated rings. The van der Waals surface area contributed by atoms with Crippen LogP contribution in [0, 0.1) is 17.8 Å². The van der Waals surface area contributed by atoms with Gasteiger partial charge in [0.15, 0.2) is 0 Å². The Balaban J connectivity index is 1.96. The molecule has 1 heterocycles. The highest BCUT2D eigenvalue weighted by Gasteiger charge is 2.40. The van der Waals surface area contributed by atoms with Crippen LogP contribution in [0.2, 0.25) is 0 Å². The lowest BCUT2D eigenvalue weighted by atomic mass is 9.93. The van der Waals surface area contributed by atoms with Crippen LogP contribution in [0.25, 0.3) is 0 Å². The Labute approximate surface area is 85.5 Å². The molecular weight excluding hydrogens is 200 g/mol. The molecule has 0 amide bonds. The highest BCUT2D eigenvalue weighted by molar-refractivity contribution is 7.89. The first-order valence-electron chi connectivity index (χ1n) is 5.24. The van der Waals surface area contributed by atoms with Gasteiger partial charge in [0.25, 0.3) is 0 Å². The van der Waals surface area contributed by atoms with E-state index in [0.717, 1.165) is 19.0 Å². The van der Waals surface area contributed by atoms with Crippen LogP contribution in [0.5, 0.6) is 0 Å². The monoisotopic (exact) mass is 218 g/mol. The summed E-state index contributed by atoms with van der Waals surface area (Å²) in [5.74, 6) is 2.00. The quantitative estimate of drug-likeness (QED) is 0.686. The zero-order chi connectivity index (χ0) is 10.2. The van der Waals surface area contributed by atoms with E-state index in [1.165, 1.54) is 19.9 Å². The van der Waals surface area contributed by atoms with Crippen LogP contribution in [0.15, 0.2) is 0 Å². The summed E-state index contributed by atoms with van der Waals surface area (Å²) in [5, 5.41) is 3.30. The van der Waals surface area contributed by atoms with E-state index >= 15 is 0 Å². The predicted molar refractivity (Wildman–Crippen MR) is 55.4 cm³/mol. The SMILES string of the molecule is CNS(=O)(=O)CC1CNCC1C1CC1. The lowest BCUT2D eigenvalue weighted by Crippen LogP contribution is -2.30. The van der Waals surface area contributed by atoms with E-state index in [-0.39, 0.29) is 5.75 Å². The Morgan fingerprint density at radius 1 is 1.36 bits per heavy atom. The van der Waals surface area contributed by atoms with Crippen LogP contribution >= 0.6 is 0 Å². The van der Waals surface area contributed by atoms with E-state index in [9.17, 15) is 8.42 Å². The molecule has 2 unspecified atom stereocenters. The largest absolute Gasteiger partial charge is 0.316 e. The van der Waals surface area contributed by atoms with Crippen LogP contribution in [0.4, 0.5) is 0 Å². The van der Waals surface area contributed by atoms with Crippen molar-refractivity contribution in [3.63, 3.8) is 0 Å². The summed E-state index contributed by atoms with van der Waals surface area (Å²) >= 11 is 0. The Hall–Kier alpha value is -0.130. The summed E-state index contributed by atoms with van der Waals surface area (Å²) in [5.41, 5.74) is 0. The fraction of sp³-hybridized carbons (Fsp3) is 1.00. The molecule has 14 heavy (non-hydrogen) atoms. The normalized spacial score (nSPS) is 33.5. The third kappa shape index (κ3) is 2.27. The van der Waals surface area contributed by atoms with Gasteiger partial charge in [-0.25, -0.2) is 13.1 Å². The Kier molecular flexibility index (Phi) is 2.81. The molecular formula is C9H18N2O2S. The molecule has 2 rings (SSSR count). The number of hydrogen-bond acceptors (Lipinski definition) is 3. The van der Waals surface area contributed by atoms with Gasteiger partial charge >= 0.3 is 0 Å². The third-order valence-electron chi connectivity index (χ3n) is 3.36. The van der Waals surface area contributed by atoms with Gasteiger partial charge in [-0.05, 0) is 50.7 Å². The predicted octanol–water partition coefficient (Wildman–Crippen LogP) is -0.219. The maximum Gasteiger partial charge on any atom is 0.211 e. The first kappa shape index (κ1) is 10.4. The molecule has 1 aliphatic carbocycles. The average molecular weight is 218 g/mol. The molecule has 2 N–H and O–H groups in total. The van der Waals surface area contributed by atoms with Crippen molar-refractivity contribution >= 4 is 10.0 Å². The average Bonchev–Trinajstić information content (AvgIpc) is 2.88. The molecule has 5 heteroatoms. The minimum absolute atomic E-state index is 0.289. The summed E-state index contributed by atoms with van der Waals surface area (Å²) in [6, 6.07) is 0. The summed E-state index contributed by atoms with van der Waals surface area (Å²) in [7, 11) is -1.54. The Morgan fingerprint density at radius 2 is 2.07 bits per heavy atom. The topological polar surface area (TPSA) is 58.2 Å². The highest BCUT2D eigenvalue weighted by atomic mass is 32.2. The molecule has 1 saturated heterocycles. The van der Waals surface area contributed by atoms with E-state index in [2.05, 4.69) is 10.0 Å². The molecule has 2 atom stereocenters. The summed E-state index contributed by atoms with van der Waals surface area (Å²) < 4.78 is 25.2. The highest BCUT2D eigenvalue weighted by Crippen LogP contribution is 2.42. The van der Waals surface area contributed by atoms with Crippen LogP contribution in [-0.4, -0.2) is 34.3 Å². The van der Waals surface area contributed by atoms with Crippen LogP contribution in [0.3, 0.4) is 0 Å². The van der Waals surface area contributed by atoms with Crippen molar-refractivity contribution in [3.8, 4) is 0 Å². The molecule has 82 valence electrons. The molecule has 0 bridgehead atoms. The van der Waals surface area contributed by atoms with Crippen molar-refractivity contribution in [2.75, 3.05) is 25.9 Å². The molecule has 1 aliphatic heterocycles. The standard InChI is InChI=1S/C9H18N2O2S/c1-10-14(12,13)6-8-4-11-5-9(8)7-2-3-7/h7-11H,2-6H2,1H3. The maximum atomic E-state index is 11.4. The van der Waals surface area contributed by atoms with Crippen molar-refractivity contribution in [3.05, 3.63) is 0 Å². The molecule has 0 radical (unpaired) electrons. The first-order chi connectivity index (χ1) is 6.62. The lowest BCUT2D eigenvalue weighted by Gasteiger charge is -2.17. The van der Waals surface area contributed by atoms with Crippen molar-refractivity contribution < 1.29 is 8.42 Å². The van der Waals surface area contributed by atoms with Gasteiger partial charge in [0.1, 0.15) is 0 Å². The lowest BCUT2D eigenvalue weighted by molar-refractivity contribution is 0.400. The Bertz CT molecular complexity index is 298. The molecule has 1 saturated carbocycles. The van der Waals surface area contributed by atoms with Crippen molar-refractivity contribution in [1.29, 1.82) is 0 Å². The zero-order valence-corrected chi connectivity index (χ0v) is 9.31. The van der Waals surface area contributed by atoms with Crippen molar-refractivity contribution in [2.45, 2.75) is 12.8 Å². The van der Waals surface area contributed by atoms with Crippen molar-refractivity contribution in [2.24, 2.45) is 17.8 Å². The van der Waals surface area contributed by atoms with Gasteiger partial charge in [0, 0.05) is 0 Å². The zero-order valence-electron chi connectivity index (χ0n) is 8.49. The van der Waals surface area contributed by atoms with Gasteiger partial charge in [-0.15, -0.1) is 0 Å². The van der Waals surface area contributed by atoms with E-state index in [0.29, 0.717) is 11.8 Å². The van der Waals surface area contributed by atoms with E-state index in [1.807, 2.05) is 0 Å². The van der Waals surface area contributed by atoms with Gasteiger partial charge in [-0.2, -0.15) is 0 Å².